The predicted molar refractivity (Wildman–Crippen MR) is 112 cm³/mol. The van der Waals surface area contributed by atoms with E-state index >= 15 is 0 Å². The van der Waals surface area contributed by atoms with Gasteiger partial charge in [-0.25, -0.2) is 4.79 Å². The quantitative estimate of drug-likeness (QED) is 0.385. The molecular formula is C18H7Cl6NO2. The Hall–Kier alpha value is -1.20. The summed E-state index contributed by atoms with van der Waals surface area (Å²) in [6.07, 6.45) is 1.42. The van der Waals surface area contributed by atoms with Crippen molar-refractivity contribution in [3.05, 3.63) is 72.2 Å². The molecule has 0 bridgehead atoms. The molecule has 0 saturated carbocycles. The van der Waals surface area contributed by atoms with Gasteiger partial charge in [-0.2, -0.15) is 0 Å². The van der Waals surface area contributed by atoms with Crippen molar-refractivity contribution in [2.75, 3.05) is 0 Å². The number of carboxylic acids is 1. The number of halogens is 6. The fourth-order valence-corrected chi connectivity index (χ4v) is 3.95. The van der Waals surface area contributed by atoms with E-state index in [9.17, 15) is 9.90 Å². The maximum absolute atomic E-state index is 11.9. The summed E-state index contributed by atoms with van der Waals surface area (Å²) in [4.78, 5) is 16.1. The van der Waals surface area contributed by atoms with E-state index in [2.05, 4.69) is 4.98 Å². The molecule has 0 spiro atoms. The van der Waals surface area contributed by atoms with Crippen LogP contribution in [0.3, 0.4) is 0 Å². The summed E-state index contributed by atoms with van der Waals surface area (Å²) in [5.74, 6) is -1.24. The van der Waals surface area contributed by atoms with E-state index in [4.69, 9.17) is 69.6 Å². The number of benzene rings is 2. The van der Waals surface area contributed by atoms with E-state index in [0.717, 1.165) is 0 Å². The van der Waals surface area contributed by atoms with E-state index in [0.29, 0.717) is 16.1 Å². The minimum Gasteiger partial charge on any atom is -0.478 e. The molecule has 0 atom stereocenters. The van der Waals surface area contributed by atoms with Crippen molar-refractivity contribution in [2.45, 2.75) is 0 Å². The molecule has 138 valence electrons. The van der Waals surface area contributed by atoms with Crippen molar-refractivity contribution in [3.63, 3.8) is 0 Å². The van der Waals surface area contributed by atoms with Gasteiger partial charge in [0.15, 0.2) is 0 Å². The second kappa shape index (κ2) is 8.04. The van der Waals surface area contributed by atoms with Crippen LogP contribution in [0.15, 0.2) is 36.5 Å². The molecule has 1 N–H and O–H groups in total. The Kier molecular flexibility index (Phi) is 6.11. The van der Waals surface area contributed by atoms with Gasteiger partial charge in [0.2, 0.25) is 0 Å². The Labute approximate surface area is 184 Å². The number of carbonyl (C=O) groups is 1. The third-order valence-electron chi connectivity index (χ3n) is 3.73. The molecule has 9 heteroatoms. The van der Waals surface area contributed by atoms with Gasteiger partial charge in [0.25, 0.3) is 0 Å². The highest BCUT2D eigenvalue weighted by molar-refractivity contribution is 6.47. The molecule has 0 fully saturated rings. The molecule has 2 aromatic carbocycles. The summed E-state index contributed by atoms with van der Waals surface area (Å²) < 4.78 is 0. The predicted octanol–water partition coefficient (Wildman–Crippen LogP) is 8.03. The average Bonchev–Trinajstić information content (AvgIpc) is 2.62. The standard InChI is InChI=1S/C18H7Cl6NO2/c19-9-1-3-11(21)15(23)13(9)7-5-8(18(26)27)17(25-6-7)14-10(20)2-4-12(22)16(14)24/h1-6H,(H,26,27). The van der Waals surface area contributed by atoms with Crippen molar-refractivity contribution in [1.29, 1.82) is 0 Å². The molecular weight excluding hydrogens is 475 g/mol. The third-order valence-corrected chi connectivity index (χ3v) is 5.97. The van der Waals surface area contributed by atoms with Crippen LogP contribution in [0.4, 0.5) is 0 Å². The van der Waals surface area contributed by atoms with Gasteiger partial charge in [-0.1, -0.05) is 69.6 Å². The highest BCUT2D eigenvalue weighted by atomic mass is 35.5. The zero-order chi connectivity index (χ0) is 19.9. The minimum atomic E-state index is -1.24. The monoisotopic (exact) mass is 479 g/mol. The molecule has 0 unspecified atom stereocenters. The Morgan fingerprint density at radius 1 is 0.778 bits per heavy atom. The Morgan fingerprint density at radius 3 is 1.81 bits per heavy atom. The van der Waals surface area contributed by atoms with Gasteiger partial charge in [-0.15, -0.1) is 0 Å². The summed E-state index contributed by atoms with van der Waals surface area (Å²) in [6.45, 7) is 0. The number of pyridine rings is 1. The van der Waals surface area contributed by atoms with E-state index in [1.165, 1.54) is 24.4 Å². The number of hydrogen-bond donors (Lipinski definition) is 1. The Balaban J connectivity index is 2.30. The normalized spacial score (nSPS) is 10.9. The number of nitrogens with zero attached hydrogens (tertiary/aromatic N) is 1. The molecule has 1 heterocycles. The van der Waals surface area contributed by atoms with Crippen LogP contribution in [0, 0.1) is 0 Å². The van der Waals surface area contributed by atoms with Gasteiger partial charge in [0.05, 0.1) is 41.4 Å². The largest absolute Gasteiger partial charge is 0.478 e. The zero-order valence-corrected chi connectivity index (χ0v) is 17.6. The first-order valence-electron chi connectivity index (χ1n) is 7.23. The lowest BCUT2D eigenvalue weighted by atomic mass is 10.0. The van der Waals surface area contributed by atoms with Crippen LogP contribution in [-0.2, 0) is 0 Å². The highest BCUT2D eigenvalue weighted by Gasteiger charge is 2.22. The number of aromatic nitrogens is 1. The van der Waals surface area contributed by atoms with Gasteiger partial charge in [-0.3, -0.25) is 4.98 Å². The van der Waals surface area contributed by atoms with Crippen LogP contribution in [0.2, 0.25) is 30.1 Å². The van der Waals surface area contributed by atoms with E-state index < -0.39 is 5.97 Å². The first-order valence-corrected chi connectivity index (χ1v) is 9.50. The minimum absolute atomic E-state index is 0.0676. The first-order chi connectivity index (χ1) is 12.7. The second-order valence-corrected chi connectivity index (χ2v) is 7.75. The molecule has 0 aliphatic rings. The molecule has 3 aromatic rings. The zero-order valence-electron chi connectivity index (χ0n) is 13.0. The molecule has 0 aliphatic heterocycles. The Morgan fingerprint density at radius 2 is 1.26 bits per heavy atom. The Bertz CT molecular complexity index is 1080. The van der Waals surface area contributed by atoms with Crippen molar-refractivity contribution >= 4 is 75.6 Å². The molecule has 27 heavy (non-hydrogen) atoms. The summed E-state index contributed by atoms with van der Waals surface area (Å²) in [7, 11) is 0. The summed E-state index contributed by atoms with van der Waals surface area (Å²) in [5, 5.41) is 11.0. The number of carboxylic acid groups (broad SMARTS) is 1. The van der Waals surface area contributed by atoms with Crippen molar-refractivity contribution < 1.29 is 9.90 Å². The molecule has 0 radical (unpaired) electrons. The van der Waals surface area contributed by atoms with Gasteiger partial charge >= 0.3 is 5.97 Å². The maximum atomic E-state index is 11.9. The topological polar surface area (TPSA) is 50.2 Å². The number of rotatable bonds is 3. The molecule has 0 aliphatic carbocycles. The third kappa shape index (κ3) is 3.86. The SMILES string of the molecule is O=C(O)c1cc(-c2c(Cl)ccc(Cl)c2Cl)cnc1-c1c(Cl)ccc(Cl)c1Cl. The molecule has 0 saturated heterocycles. The fourth-order valence-electron chi connectivity index (χ4n) is 2.50. The number of hydrogen-bond acceptors (Lipinski definition) is 2. The summed E-state index contributed by atoms with van der Waals surface area (Å²) in [6, 6.07) is 7.50. The van der Waals surface area contributed by atoms with Crippen LogP contribution >= 0.6 is 69.6 Å². The highest BCUT2D eigenvalue weighted by Crippen LogP contribution is 2.43. The second-order valence-electron chi connectivity index (χ2n) is 5.36. The number of aromatic carboxylic acids is 1. The van der Waals surface area contributed by atoms with Crippen molar-refractivity contribution in [3.8, 4) is 22.4 Å². The van der Waals surface area contributed by atoms with E-state index in [1.807, 2.05) is 0 Å². The lowest BCUT2D eigenvalue weighted by Gasteiger charge is -2.14. The van der Waals surface area contributed by atoms with Gasteiger partial charge in [-0.05, 0) is 30.3 Å². The fraction of sp³-hybridized carbons (Fsp3) is 0. The molecule has 1 aromatic heterocycles. The van der Waals surface area contributed by atoms with Crippen LogP contribution in [0.1, 0.15) is 10.4 Å². The smallest absolute Gasteiger partial charge is 0.337 e. The van der Waals surface area contributed by atoms with E-state index in [-0.39, 0.29) is 41.9 Å². The summed E-state index contributed by atoms with van der Waals surface area (Å²) in [5.41, 5.74) is 0.889. The van der Waals surface area contributed by atoms with Crippen LogP contribution in [0.25, 0.3) is 22.4 Å². The lowest BCUT2D eigenvalue weighted by Crippen LogP contribution is -2.03. The summed E-state index contributed by atoms with van der Waals surface area (Å²) >= 11 is 37.0. The van der Waals surface area contributed by atoms with Crippen molar-refractivity contribution in [1.82, 2.24) is 4.98 Å². The molecule has 3 rings (SSSR count). The molecule has 0 amide bonds. The van der Waals surface area contributed by atoms with Gasteiger partial charge in [0, 0.05) is 22.9 Å². The van der Waals surface area contributed by atoms with Crippen LogP contribution < -0.4 is 0 Å². The van der Waals surface area contributed by atoms with Crippen LogP contribution in [0.5, 0.6) is 0 Å². The average molecular weight is 482 g/mol. The van der Waals surface area contributed by atoms with Gasteiger partial charge < -0.3 is 5.11 Å². The van der Waals surface area contributed by atoms with Crippen molar-refractivity contribution in [2.24, 2.45) is 0 Å². The van der Waals surface area contributed by atoms with E-state index in [1.54, 1.807) is 12.1 Å². The molecule has 3 nitrogen and oxygen atoms in total. The first kappa shape index (κ1) is 20.5. The lowest BCUT2D eigenvalue weighted by molar-refractivity contribution is 0.0697. The maximum Gasteiger partial charge on any atom is 0.337 e. The van der Waals surface area contributed by atoms with Gasteiger partial charge in [0.1, 0.15) is 0 Å². The van der Waals surface area contributed by atoms with Crippen LogP contribution in [-0.4, -0.2) is 16.1 Å².